The number of amides is 1. The van der Waals surface area contributed by atoms with Crippen LogP contribution < -0.4 is 26.8 Å². The van der Waals surface area contributed by atoms with E-state index < -0.39 is 28.6 Å². The van der Waals surface area contributed by atoms with Crippen molar-refractivity contribution < 1.29 is 23.4 Å². The summed E-state index contributed by atoms with van der Waals surface area (Å²) in [7, 11) is 1.42. The number of alkyl halides is 2. The van der Waals surface area contributed by atoms with E-state index in [1.807, 2.05) is 0 Å². The van der Waals surface area contributed by atoms with Gasteiger partial charge >= 0.3 is 0 Å². The van der Waals surface area contributed by atoms with Crippen LogP contribution in [0.1, 0.15) is 44.7 Å². The molecule has 1 amide bonds. The molecule has 1 heterocycles. The zero-order valence-electron chi connectivity index (χ0n) is 20.6. The highest BCUT2D eigenvalue weighted by Gasteiger charge is 2.42. The molecule has 8 nitrogen and oxygen atoms in total. The van der Waals surface area contributed by atoms with Crippen LogP contribution in [-0.2, 0) is 4.79 Å². The predicted octanol–water partition coefficient (Wildman–Crippen LogP) is 3.88. The first kappa shape index (κ1) is 27.1. The number of thioether (sulfide) groups is 1. The first-order valence-corrected chi connectivity index (χ1v) is 12.9. The van der Waals surface area contributed by atoms with Gasteiger partial charge in [-0.1, -0.05) is 23.6 Å². The average molecular weight is 532 g/mol. The summed E-state index contributed by atoms with van der Waals surface area (Å²) in [5.74, 6) is 6.28. The molecule has 1 aromatic carbocycles. The van der Waals surface area contributed by atoms with Gasteiger partial charge in [-0.15, -0.1) is 0 Å². The van der Waals surface area contributed by atoms with Crippen molar-refractivity contribution in [2.24, 2.45) is 23.3 Å². The van der Waals surface area contributed by atoms with E-state index in [9.17, 15) is 18.7 Å². The van der Waals surface area contributed by atoms with Gasteiger partial charge < -0.3 is 31.9 Å². The minimum atomic E-state index is -2.78. The Labute approximate surface area is 218 Å². The topological polar surface area (TPSA) is 136 Å². The molecule has 0 bridgehead atoms. The number of anilines is 2. The number of pyridine rings is 1. The number of rotatable bonds is 9. The maximum atomic E-state index is 13.5. The molecule has 7 N–H and O–H groups in total. The summed E-state index contributed by atoms with van der Waals surface area (Å²) in [6.45, 7) is 1.69. The number of aromatic nitrogens is 1. The fourth-order valence-electron chi connectivity index (χ4n) is 4.16. The molecular formula is C26H31F2N5O3S. The van der Waals surface area contributed by atoms with Crippen molar-refractivity contribution in [2.75, 3.05) is 17.7 Å². The Kier molecular flexibility index (Phi) is 8.23. The number of ether oxygens (including phenoxy) is 1. The van der Waals surface area contributed by atoms with Crippen LogP contribution in [-0.4, -0.2) is 39.6 Å². The van der Waals surface area contributed by atoms with Crippen LogP contribution in [0.15, 0.2) is 30.5 Å². The number of hydrogen-bond donors (Lipinski definition) is 5. The molecule has 11 heteroatoms. The molecule has 2 aliphatic rings. The minimum absolute atomic E-state index is 0.222. The molecule has 2 fully saturated rings. The zero-order chi connectivity index (χ0) is 26.7. The van der Waals surface area contributed by atoms with Gasteiger partial charge in [0.2, 0.25) is 5.91 Å². The predicted molar refractivity (Wildman–Crippen MR) is 141 cm³/mol. The summed E-state index contributed by atoms with van der Waals surface area (Å²) < 4.78 is 32.4. The monoisotopic (exact) mass is 531 g/mol. The third kappa shape index (κ3) is 7.11. The van der Waals surface area contributed by atoms with Crippen molar-refractivity contribution in [3.63, 3.8) is 0 Å². The van der Waals surface area contributed by atoms with Gasteiger partial charge in [0.1, 0.15) is 22.3 Å². The molecule has 2 atom stereocenters. The van der Waals surface area contributed by atoms with E-state index in [1.165, 1.54) is 31.1 Å². The van der Waals surface area contributed by atoms with E-state index >= 15 is 0 Å². The number of nitrogens with one attached hydrogen (secondary N) is 2. The summed E-state index contributed by atoms with van der Waals surface area (Å²) in [5, 5.41) is 15.5. The minimum Gasteiger partial charge on any atom is -0.494 e. The van der Waals surface area contributed by atoms with Crippen LogP contribution in [0.25, 0.3) is 11.1 Å². The Morgan fingerprint density at radius 2 is 2.00 bits per heavy atom. The number of aliphatic hydroxyl groups is 1. The van der Waals surface area contributed by atoms with Crippen molar-refractivity contribution >= 4 is 29.0 Å². The molecule has 198 valence electrons. The van der Waals surface area contributed by atoms with Crippen molar-refractivity contribution in [3.8, 4) is 28.7 Å². The molecule has 2 saturated carbocycles. The van der Waals surface area contributed by atoms with Crippen LogP contribution in [0.4, 0.5) is 20.2 Å². The number of carbonyl (C=O) groups is 1. The first-order valence-electron chi connectivity index (χ1n) is 12.0. The summed E-state index contributed by atoms with van der Waals surface area (Å²) in [6, 6.07) is 6.30. The largest absolute Gasteiger partial charge is 0.494 e. The van der Waals surface area contributed by atoms with E-state index in [0.29, 0.717) is 41.3 Å². The highest BCUT2D eigenvalue weighted by Crippen LogP contribution is 2.40. The molecule has 1 aromatic heterocycles. The summed E-state index contributed by atoms with van der Waals surface area (Å²) in [4.78, 5) is 16.5. The van der Waals surface area contributed by atoms with E-state index in [4.69, 9.17) is 16.2 Å². The lowest BCUT2D eigenvalue weighted by Crippen LogP contribution is -2.46. The third-order valence-corrected chi connectivity index (χ3v) is 7.07. The normalized spacial score (nSPS) is 22.3. The first-order chi connectivity index (χ1) is 17.5. The number of carbonyl (C=O) groups excluding carboxylic acids is 1. The van der Waals surface area contributed by atoms with Crippen LogP contribution in [0.5, 0.6) is 5.75 Å². The van der Waals surface area contributed by atoms with E-state index in [-0.39, 0.29) is 17.6 Å². The Hall–Kier alpha value is -2.91. The number of hydrogen-bond acceptors (Lipinski definition) is 8. The number of benzene rings is 1. The van der Waals surface area contributed by atoms with Gasteiger partial charge in [0.25, 0.3) is 6.43 Å². The van der Waals surface area contributed by atoms with Crippen LogP contribution in [0.2, 0.25) is 0 Å². The van der Waals surface area contributed by atoms with Crippen molar-refractivity contribution in [1.82, 2.24) is 4.98 Å². The molecule has 37 heavy (non-hydrogen) atoms. The fourth-order valence-corrected chi connectivity index (χ4v) is 4.81. The molecule has 0 spiro atoms. The second kappa shape index (κ2) is 11.2. The Balaban J connectivity index is 1.61. The number of nitrogens with zero attached hydrogens (tertiary/aromatic N) is 1. The van der Waals surface area contributed by atoms with Crippen molar-refractivity contribution in [3.05, 3.63) is 36.2 Å². The lowest BCUT2D eigenvalue weighted by Gasteiger charge is -2.39. The molecular weight excluding hydrogens is 500 g/mol. The van der Waals surface area contributed by atoms with Crippen LogP contribution in [0.3, 0.4) is 0 Å². The van der Waals surface area contributed by atoms with Gasteiger partial charge in [0.15, 0.2) is 0 Å². The molecule has 2 aliphatic carbocycles. The van der Waals surface area contributed by atoms with E-state index in [1.54, 1.807) is 25.1 Å². The second-order valence-corrected chi connectivity index (χ2v) is 10.9. The van der Waals surface area contributed by atoms with Gasteiger partial charge in [-0.2, -0.15) is 0 Å². The Bertz CT molecular complexity index is 1200. The second-order valence-electron chi connectivity index (χ2n) is 9.65. The molecule has 0 saturated heterocycles. The SMILES string of the molecule is COc1cnc(C(F)F)cc1-c1cc(NC(=O)C2CC(C)(O)C2)ccc1NC(N)SC(N)C#CC1CC1. The number of halogens is 2. The zero-order valence-corrected chi connectivity index (χ0v) is 21.4. The molecule has 2 unspecified atom stereocenters. The molecule has 0 radical (unpaired) electrons. The lowest BCUT2D eigenvalue weighted by molar-refractivity contribution is -0.133. The van der Waals surface area contributed by atoms with Crippen LogP contribution in [0, 0.1) is 23.7 Å². The molecule has 2 aromatic rings. The maximum Gasteiger partial charge on any atom is 0.280 e. The molecule has 0 aliphatic heterocycles. The quantitative estimate of drug-likeness (QED) is 0.243. The van der Waals surface area contributed by atoms with E-state index in [0.717, 1.165) is 12.8 Å². The molecule has 4 rings (SSSR count). The van der Waals surface area contributed by atoms with Gasteiger partial charge in [0.05, 0.1) is 18.9 Å². The van der Waals surface area contributed by atoms with Crippen molar-refractivity contribution in [2.45, 2.75) is 55.5 Å². The summed E-state index contributed by atoms with van der Waals surface area (Å²) in [6.07, 6.45) is 1.38. The third-order valence-electron chi connectivity index (χ3n) is 6.25. The highest BCUT2D eigenvalue weighted by atomic mass is 32.2. The van der Waals surface area contributed by atoms with Gasteiger partial charge in [-0.25, -0.2) is 8.78 Å². The number of nitrogens with two attached hydrogens (primary N) is 2. The standard InChI is InChI=1S/C26H31F2N5O3S/c1-26(35)11-15(12-26)24(34)32-16-6-7-19(33-25(30)37-22(29)8-5-14-3-4-14)17(9-16)18-10-20(23(27)28)31-13-21(18)36-2/h6-7,9-10,13-15,22-23,25,33,35H,3-4,11-12,29-30H2,1-2H3,(H,32,34). The summed E-state index contributed by atoms with van der Waals surface area (Å²) >= 11 is 1.23. The fraction of sp³-hybridized carbons (Fsp3) is 0.462. The average Bonchev–Trinajstić information content (AvgIpc) is 3.66. The van der Waals surface area contributed by atoms with Crippen LogP contribution >= 0.6 is 11.8 Å². The number of methoxy groups -OCH3 is 1. The maximum absolute atomic E-state index is 13.5. The van der Waals surface area contributed by atoms with Gasteiger partial charge in [-0.05, 0) is 56.9 Å². The van der Waals surface area contributed by atoms with Crippen molar-refractivity contribution in [1.29, 1.82) is 0 Å². The smallest absolute Gasteiger partial charge is 0.280 e. The Morgan fingerprint density at radius 1 is 1.27 bits per heavy atom. The lowest BCUT2D eigenvalue weighted by atomic mass is 9.72. The van der Waals surface area contributed by atoms with E-state index in [2.05, 4.69) is 27.5 Å². The summed E-state index contributed by atoms with van der Waals surface area (Å²) in [5.41, 5.74) is 12.3. The highest BCUT2D eigenvalue weighted by molar-refractivity contribution is 8.00. The van der Waals surface area contributed by atoms with Gasteiger partial charge in [0, 0.05) is 34.3 Å². The Morgan fingerprint density at radius 3 is 2.62 bits per heavy atom. The van der Waals surface area contributed by atoms with Gasteiger partial charge in [-0.3, -0.25) is 9.78 Å².